The fourth-order valence-corrected chi connectivity index (χ4v) is 2.16. The van der Waals surface area contributed by atoms with Crippen LogP contribution in [0.15, 0.2) is 6.07 Å². The molecule has 16 heavy (non-hydrogen) atoms. The molecule has 4 N–H and O–H groups in total. The van der Waals surface area contributed by atoms with Crippen molar-refractivity contribution in [3.63, 3.8) is 0 Å². The Labute approximate surface area is 94.6 Å². The second-order valence-corrected chi connectivity index (χ2v) is 4.00. The Morgan fingerprint density at radius 2 is 1.94 bits per heavy atom. The molecule has 0 aliphatic carbocycles. The summed E-state index contributed by atoms with van der Waals surface area (Å²) in [6.45, 7) is 5.63. The van der Waals surface area contributed by atoms with E-state index in [0.717, 1.165) is 11.1 Å². The third-order valence-electron chi connectivity index (χ3n) is 2.80. The molecular formula is C11H17N3O2. The van der Waals surface area contributed by atoms with Gasteiger partial charge in [0.1, 0.15) is 0 Å². The SMILES string of the molecule is Cc1cc(C)c([N+](=O)[O-])c(C)c1[C@@H](N)CN. The molecule has 1 aromatic carbocycles. The largest absolute Gasteiger partial charge is 0.329 e. The second-order valence-electron chi connectivity index (χ2n) is 4.00. The van der Waals surface area contributed by atoms with E-state index in [4.69, 9.17) is 11.5 Å². The van der Waals surface area contributed by atoms with Crippen molar-refractivity contribution in [2.75, 3.05) is 6.54 Å². The van der Waals surface area contributed by atoms with Crippen LogP contribution in [-0.4, -0.2) is 11.5 Å². The average Bonchev–Trinajstić information content (AvgIpc) is 2.15. The van der Waals surface area contributed by atoms with Crippen LogP contribution in [0.25, 0.3) is 0 Å². The van der Waals surface area contributed by atoms with Crippen molar-refractivity contribution < 1.29 is 4.92 Å². The van der Waals surface area contributed by atoms with Gasteiger partial charge in [0.2, 0.25) is 0 Å². The van der Waals surface area contributed by atoms with Gasteiger partial charge in [0, 0.05) is 23.7 Å². The molecule has 0 saturated heterocycles. The first-order valence-electron chi connectivity index (χ1n) is 5.10. The van der Waals surface area contributed by atoms with E-state index in [9.17, 15) is 10.1 Å². The summed E-state index contributed by atoms with van der Waals surface area (Å²) in [7, 11) is 0. The van der Waals surface area contributed by atoms with E-state index in [0.29, 0.717) is 11.1 Å². The molecule has 0 bridgehead atoms. The maximum atomic E-state index is 11.0. The van der Waals surface area contributed by atoms with Crippen molar-refractivity contribution in [1.82, 2.24) is 0 Å². The van der Waals surface area contributed by atoms with Gasteiger partial charge in [-0.3, -0.25) is 10.1 Å². The van der Waals surface area contributed by atoms with Gasteiger partial charge < -0.3 is 11.5 Å². The Balaban J connectivity index is 3.51. The van der Waals surface area contributed by atoms with Gasteiger partial charge in [-0.2, -0.15) is 0 Å². The van der Waals surface area contributed by atoms with E-state index >= 15 is 0 Å². The maximum absolute atomic E-state index is 11.0. The maximum Gasteiger partial charge on any atom is 0.275 e. The Morgan fingerprint density at radius 3 is 2.38 bits per heavy atom. The lowest BCUT2D eigenvalue weighted by Crippen LogP contribution is -2.23. The minimum atomic E-state index is -0.364. The molecule has 0 aliphatic heterocycles. The number of hydrogen-bond donors (Lipinski definition) is 2. The van der Waals surface area contributed by atoms with E-state index in [-0.39, 0.29) is 23.2 Å². The predicted molar refractivity (Wildman–Crippen MR) is 63.3 cm³/mol. The third kappa shape index (κ3) is 2.05. The van der Waals surface area contributed by atoms with Gasteiger partial charge in [0.05, 0.1) is 4.92 Å². The first-order valence-corrected chi connectivity index (χ1v) is 5.10. The monoisotopic (exact) mass is 223 g/mol. The summed E-state index contributed by atoms with van der Waals surface area (Å²) in [6, 6.07) is 1.44. The van der Waals surface area contributed by atoms with Crippen molar-refractivity contribution >= 4 is 5.69 Å². The molecule has 0 radical (unpaired) electrons. The minimum absolute atomic E-state index is 0.143. The van der Waals surface area contributed by atoms with Gasteiger partial charge in [-0.1, -0.05) is 0 Å². The highest BCUT2D eigenvalue weighted by atomic mass is 16.6. The van der Waals surface area contributed by atoms with Crippen LogP contribution in [0.3, 0.4) is 0 Å². The first-order chi connectivity index (χ1) is 7.40. The van der Waals surface area contributed by atoms with Gasteiger partial charge in [-0.25, -0.2) is 0 Å². The number of benzene rings is 1. The molecule has 0 aliphatic rings. The van der Waals surface area contributed by atoms with E-state index in [2.05, 4.69) is 0 Å². The molecule has 0 unspecified atom stereocenters. The van der Waals surface area contributed by atoms with E-state index < -0.39 is 0 Å². The number of aryl methyl sites for hydroxylation is 2. The predicted octanol–water partition coefficient (Wildman–Crippen LogP) is 1.48. The Hall–Kier alpha value is -1.46. The van der Waals surface area contributed by atoms with Crippen molar-refractivity contribution in [1.29, 1.82) is 0 Å². The number of hydrogen-bond acceptors (Lipinski definition) is 4. The number of rotatable bonds is 3. The first kappa shape index (κ1) is 12.6. The average molecular weight is 223 g/mol. The molecule has 1 rings (SSSR count). The minimum Gasteiger partial charge on any atom is -0.329 e. The second kappa shape index (κ2) is 4.59. The molecule has 0 aromatic heterocycles. The highest BCUT2D eigenvalue weighted by Gasteiger charge is 2.22. The standard InChI is InChI=1S/C11H17N3O2/c1-6-4-7(2)11(14(15)16)8(3)10(6)9(13)5-12/h4,9H,5,12-13H2,1-3H3/t9-/m0/s1. The summed E-state index contributed by atoms with van der Waals surface area (Å²) in [5.74, 6) is 0. The molecule has 0 spiro atoms. The lowest BCUT2D eigenvalue weighted by Gasteiger charge is -2.17. The lowest BCUT2D eigenvalue weighted by atomic mass is 9.93. The number of nitrogens with two attached hydrogens (primary N) is 2. The number of nitrogens with zero attached hydrogens (tertiary/aromatic N) is 1. The van der Waals surface area contributed by atoms with Gasteiger partial charge in [0.15, 0.2) is 0 Å². The molecule has 88 valence electrons. The fourth-order valence-electron chi connectivity index (χ4n) is 2.16. The molecular weight excluding hydrogens is 206 g/mol. The molecule has 5 nitrogen and oxygen atoms in total. The highest BCUT2D eigenvalue weighted by molar-refractivity contribution is 5.54. The van der Waals surface area contributed by atoms with Gasteiger partial charge in [-0.15, -0.1) is 0 Å². The third-order valence-corrected chi connectivity index (χ3v) is 2.80. The topological polar surface area (TPSA) is 95.2 Å². The number of nitro benzene ring substituents is 1. The zero-order chi connectivity index (χ0) is 12.5. The summed E-state index contributed by atoms with van der Waals surface area (Å²) < 4.78 is 0. The van der Waals surface area contributed by atoms with Crippen LogP contribution in [-0.2, 0) is 0 Å². The van der Waals surface area contributed by atoms with E-state index in [1.54, 1.807) is 19.9 Å². The van der Waals surface area contributed by atoms with E-state index in [1.807, 2.05) is 6.92 Å². The molecule has 0 saturated carbocycles. The summed E-state index contributed by atoms with van der Waals surface area (Å²) in [5.41, 5.74) is 14.6. The zero-order valence-electron chi connectivity index (χ0n) is 9.78. The summed E-state index contributed by atoms with van der Waals surface area (Å²) in [4.78, 5) is 10.6. The molecule has 5 heteroatoms. The Bertz CT molecular complexity index is 430. The summed E-state index contributed by atoms with van der Waals surface area (Å²) in [5, 5.41) is 11.0. The van der Waals surface area contributed by atoms with Crippen molar-refractivity contribution in [2.45, 2.75) is 26.8 Å². The smallest absolute Gasteiger partial charge is 0.275 e. The molecule has 0 amide bonds. The van der Waals surface area contributed by atoms with Crippen LogP contribution in [0.5, 0.6) is 0 Å². The van der Waals surface area contributed by atoms with Gasteiger partial charge in [-0.05, 0) is 38.0 Å². The van der Waals surface area contributed by atoms with Crippen LogP contribution < -0.4 is 11.5 Å². The fraction of sp³-hybridized carbons (Fsp3) is 0.455. The van der Waals surface area contributed by atoms with Crippen molar-refractivity contribution in [3.8, 4) is 0 Å². The van der Waals surface area contributed by atoms with Crippen LogP contribution in [0.4, 0.5) is 5.69 Å². The number of nitro groups is 1. The quantitative estimate of drug-likeness (QED) is 0.599. The van der Waals surface area contributed by atoms with Crippen molar-refractivity contribution in [3.05, 3.63) is 38.4 Å². The molecule has 1 aromatic rings. The molecule has 0 fully saturated rings. The van der Waals surface area contributed by atoms with Gasteiger partial charge >= 0.3 is 0 Å². The lowest BCUT2D eigenvalue weighted by molar-refractivity contribution is -0.386. The van der Waals surface area contributed by atoms with Crippen LogP contribution in [0.2, 0.25) is 0 Å². The Morgan fingerprint density at radius 1 is 1.38 bits per heavy atom. The van der Waals surface area contributed by atoms with E-state index in [1.165, 1.54) is 0 Å². The van der Waals surface area contributed by atoms with Crippen LogP contribution in [0, 0.1) is 30.9 Å². The normalized spacial score (nSPS) is 12.6. The van der Waals surface area contributed by atoms with Gasteiger partial charge in [0.25, 0.3) is 5.69 Å². The summed E-state index contributed by atoms with van der Waals surface area (Å²) in [6.07, 6.45) is 0. The summed E-state index contributed by atoms with van der Waals surface area (Å²) >= 11 is 0. The van der Waals surface area contributed by atoms with Crippen LogP contribution >= 0.6 is 0 Å². The van der Waals surface area contributed by atoms with Crippen LogP contribution in [0.1, 0.15) is 28.3 Å². The molecule has 0 heterocycles. The highest BCUT2D eigenvalue weighted by Crippen LogP contribution is 2.31. The van der Waals surface area contributed by atoms with Crippen molar-refractivity contribution in [2.24, 2.45) is 11.5 Å². The Kier molecular flexibility index (Phi) is 3.62. The zero-order valence-corrected chi connectivity index (χ0v) is 9.78. The molecule has 1 atom stereocenters.